The van der Waals surface area contributed by atoms with E-state index in [9.17, 15) is 9.18 Å². The van der Waals surface area contributed by atoms with Crippen LogP contribution in [0.4, 0.5) is 4.39 Å². The fourth-order valence-corrected chi connectivity index (χ4v) is 2.88. The predicted octanol–water partition coefficient (Wildman–Crippen LogP) is 3.00. The van der Waals surface area contributed by atoms with Crippen molar-refractivity contribution < 1.29 is 13.9 Å². The average Bonchev–Trinajstić information content (AvgIpc) is 2.62. The van der Waals surface area contributed by atoms with Crippen molar-refractivity contribution in [3.05, 3.63) is 60.2 Å². The highest BCUT2D eigenvalue weighted by Gasteiger charge is 2.31. The van der Waals surface area contributed by atoms with E-state index in [-0.39, 0.29) is 42.6 Å². The van der Waals surface area contributed by atoms with E-state index in [0.29, 0.717) is 25.4 Å². The number of carbonyl (C=O) groups excluding carboxylic acids is 1. The highest BCUT2D eigenvalue weighted by Crippen LogP contribution is 2.24. The van der Waals surface area contributed by atoms with Gasteiger partial charge in [-0.15, -0.1) is 24.8 Å². The van der Waals surface area contributed by atoms with Crippen LogP contribution >= 0.6 is 24.8 Å². The van der Waals surface area contributed by atoms with E-state index in [2.05, 4.69) is 10.3 Å². The van der Waals surface area contributed by atoms with Gasteiger partial charge in [0.2, 0.25) is 0 Å². The summed E-state index contributed by atoms with van der Waals surface area (Å²) >= 11 is 0. The van der Waals surface area contributed by atoms with Gasteiger partial charge in [0.25, 0.3) is 5.91 Å². The molecule has 8 heteroatoms. The quantitative estimate of drug-likeness (QED) is 0.855. The molecule has 2 unspecified atom stereocenters. The smallest absolute Gasteiger partial charge is 0.263 e. The van der Waals surface area contributed by atoms with Gasteiger partial charge >= 0.3 is 0 Å². The van der Waals surface area contributed by atoms with Gasteiger partial charge in [-0.2, -0.15) is 0 Å². The molecule has 1 aliphatic rings. The van der Waals surface area contributed by atoms with Crippen LogP contribution in [0.5, 0.6) is 5.75 Å². The van der Waals surface area contributed by atoms with Crippen molar-refractivity contribution in [3.8, 4) is 5.75 Å². The summed E-state index contributed by atoms with van der Waals surface area (Å²) in [6.45, 7) is 3.58. The van der Waals surface area contributed by atoms with E-state index in [0.717, 1.165) is 5.56 Å². The lowest BCUT2D eigenvalue weighted by atomic mass is 10.0. The van der Waals surface area contributed by atoms with E-state index in [1.807, 2.05) is 6.07 Å². The zero-order valence-electron chi connectivity index (χ0n) is 14.3. The normalized spacial score (nSPS) is 17.5. The molecule has 1 aliphatic heterocycles. The maximum absolute atomic E-state index is 13.5. The number of benzene rings is 1. The Morgan fingerprint density at radius 1 is 1.35 bits per heavy atom. The number of hydrogen-bond acceptors (Lipinski definition) is 4. The average molecular weight is 402 g/mol. The van der Waals surface area contributed by atoms with Crippen molar-refractivity contribution in [1.82, 2.24) is 15.2 Å². The second kappa shape index (κ2) is 10.3. The van der Waals surface area contributed by atoms with Crippen LogP contribution in [-0.2, 0) is 4.79 Å². The van der Waals surface area contributed by atoms with Crippen LogP contribution in [0.1, 0.15) is 18.5 Å². The molecular formula is C18H22Cl2FN3O2. The lowest BCUT2D eigenvalue weighted by molar-refractivity contribution is -0.141. The zero-order chi connectivity index (χ0) is 16.9. The molecule has 0 spiro atoms. The summed E-state index contributed by atoms with van der Waals surface area (Å²) in [6, 6.07) is 9.70. The first-order valence-electron chi connectivity index (χ1n) is 7.98. The van der Waals surface area contributed by atoms with E-state index >= 15 is 0 Å². The molecule has 1 amide bonds. The van der Waals surface area contributed by atoms with Crippen molar-refractivity contribution in [2.75, 3.05) is 19.6 Å². The topological polar surface area (TPSA) is 54.5 Å². The minimum absolute atomic E-state index is 0. The Morgan fingerprint density at radius 3 is 2.85 bits per heavy atom. The predicted molar refractivity (Wildman–Crippen MR) is 103 cm³/mol. The van der Waals surface area contributed by atoms with Crippen molar-refractivity contribution in [2.45, 2.75) is 19.1 Å². The summed E-state index contributed by atoms with van der Waals surface area (Å²) in [4.78, 5) is 18.6. The van der Waals surface area contributed by atoms with Crippen LogP contribution < -0.4 is 10.1 Å². The van der Waals surface area contributed by atoms with Crippen molar-refractivity contribution >= 4 is 30.7 Å². The van der Waals surface area contributed by atoms with Crippen LogP contribution in [0.25, 0.3) is 0 Å². The molecule has 1 N–H and O–H groups in total. The van der Waals surface area contributed by atoms with E-state index < -0.39 is 6.10 Å². The number of pyridine rings is 1. The van der Waals surface area contributed by atoms with Gasteiger partial charge in [0.1, 0.15) is 11.6 Å². The summed E-state index contributed by atoms with van der Waals surface area (Å²) in [5, 5.41) is 3.26. The van der Waals surface area contributed by atoms with Crippen molar-refractivity contribution in [1.29, 1.82) is 0 Å². The summed E-state index contributed by atoms with van der Waals surface area (Å²) in [5.74, 6) is 0.135. The third kappa shape index (κ3) is 5.30. The highest BCUT2D eigenvalue weighted by molar-refractivity contribution is 5.85. The Morgan fingerprint density at radius 2 is 2.15 bits per heavy atom. The second-order valence-corrected chi connectivity index (χ2v) is 5.76. The lowest BCUT2D eigenvalue weighted by Crippen LogP contribution is -2.52. The lowest BCUT2D eigenvalue weighted by Gasteiger charge is -2.37. The zero-order valence-corrected chi connectivity index (χ0v) is 15.9. The summed E-state index contributed by atoms with van der Waals surface area (Å²) in [5.41, 5.74) is 0.782. The molecule has 1 aromatic carbocycles. The molecule has 2 aromatic rings. The number of piperazine rings is 1. The maximum Gasteiger partial charge on any atom is 0.263 e. The highest BCUT2D eigenvalue weighted by atomic mass is 35.5. The third-order valence-electron chi connectivity index (χ3n) is 4.05. The minimum atomic E-state index is -0.636. The molecule has 2 atom stereocenters. The largest absolute Gasteiger partial charge is 0.479 e. The van der Waals surface area contributed by atoms with Gasteiger partial charge in [0.15, 0.2) is 6.10 Å². The Kier molecular flexibility index (Phi) is 8.78. The van der Waals surface area contributed by atoms with Gasteiger partial charge in [-0.1, -0.05) is 12.1 Å². The molecule has 0 aliphatic carbocycles. The van der Waals surface area contributed by atoms with Crippen LogP contribution in [0, 0.1) is 5.82 Å². The van der Waals surface area contributed by atoms with Gasteiger partial charge in [-0.05, 0) is 36.8 Å². The van der Waals surface area contributed by atoms with Gasteiger partial charge in [0.05, 0.1) is 12.2 Å². The number of nitrogens with zero attached hydrogens (tertiary/aromatic N) is 2. The number of hydrogen-bond donors (Lipinski definition) is 1. The van der Waals surface area contributed by atoms with Crippen LogP contribution in [0.15, 0.2) is 48.8 Å². The molecule has 2 heterocycles. The Hall–Kier alpha value is -1.89. The number of nitrogens with one attached hydrogen (secondary N) is 1. The van der Waals surface area contributed by atoms with Gasteiger partial charge in [-0.3, -0.25) is 9.78 Å². The minimum Gasteiger partial charge on any atom is -0.479 e. The van der Waals surface area contributed by atoms with Crippen LogP contribution in [0.2, 0.25) is 0 Å². The molecule has 0 saturated carbocycles. The monoisotopic (exact) mass is 401 g/mol. The fraction of sp³-hybridized carbons (Fsp3) is 0.333. The standard InChI is InChI=1S/C18H20FN3O2.2ClH/c1-13(24-16-6-3-7-20-11-16)18(23)22-9-8-21-12-17(22)14-4-2-5-15(19)10-14;;/h2-7,10-11,13,17,21H,8-9,12H2,1H3;2*1H. The number of carbonyl (C=O) groups is 1. The molecular weight excluding hydrogens is 380 g/mol. The Bertz CT molecular complexity index is 706. The van der Waals surface area contributed by atoms with E-state index in [4.69, 9.17) is 4.74 Å². The molecule has 142 valence electrons. The van der Waals surface area contributed by atoms with Gasteiger partial charge < -0.3 is 15.0 Å². The first-order chi connectivity index (χ1) is 11.6. The third-order valence-corrected chi connectivity index (χ3v) is 4.05. The molecule has 0 bridgehead atoms. The Balaban J connectivity index is 0.00000169. The molecule has 26 heavy (non-hydrogen) atoms. The van der Waals surface area contributed by atoms with Crippen molar-refractivity contribution in [2.24, 2.45) is 0 Å². The molecule has 1 fully saturated rings. The number of amides is 1. The molecule has 0 radical (unpaired) electrons. The van der Waals surface area contributed by atoms with Crippen LogP contribution in [0.3, 0.4) is 0 Å². The first kappa shape index (κ1) is 22.2. The molecule has 1 saturated heterocycles. The van der Waals surface area contributed by atoms with Gasteiger partial charge in [-0.25, -0.2) is 4.39 Å². The van der Waals surface area contributed by atoms with E-state index in [1.54, 1.807) is 42.4 Å². The molecule has 3 rings (SSSR count). The summed E-state index contributed by atoms with van der Waals surface area (Å²) in [6.07, 6.45) is 2.59. The molecule has 1 aromatic heterocycles. The fourth-order valence-electron chi connectivity index (χ4n) is 2.88. The Labute approximate surface area is 164 Å². The summed E-state index contributed by atoms with van der Waals surface area (Å²) in [7, 11) is 0. The number of rotatable bonds is 4. The number of halogens is 3. The first-order valence-corrected chi connectivity index (χ1v) is 7.98. The van der Waals surface area contributed by atoms with E-state index in [1.165, 1.54) is 12.1 Å². The summed E-state index contributed by atoms with van der Waals surface area (Å²) < 4.78 is 19.2. The van der Waals surface area contributed by atoms with Gasteiger partial charge in [0, 0.05) is 25.8 Å². The number of aromatic nitrogens is 1. The molecule has 5 nitrogen and oxygen atoms in total. The number of ether oxygens (including phenoxy) is 1. The maximum atomic E-state index is 13.5. The second-order valence-electron chi connectivity index (χ2n) is 5.76. The van der Waals surface area contributed by atoms with Crippen LogP contribution in [-0.4, -0.2) is 41.5 Å². The van der Waals surface area contributed by atoms with Crippen molar-refractivity contribution in [3.63, 3.8) is 0 Å². The SMILES string of the molecule is CC(Oc1cccnc1)C(=O)N1CCNCC1c1cccc(F)c1.Cl.Cl.